The Morgan fingerprint density at radius 2 is 2.18 bits per heavy atom. The van der Waals surface area contributed by atoms with Crippen molar-refractivity contribution in [2.24, 2.45) is 0 Å². The first kappa shape index (κ1) is 12.8. The first-order valence-electron chi connectivity index (χ1n) is 5.72. The lowest BCUT2D eigenvalue weighted by atomic mass is 10.2. The van der Waals surface area contributed by atoms with Crippen LogP contribution < -0.4 is 5.32 Å². The summed E-state index contributed by atoms with van der Waals surface area (Å²) in [4.78, 5) is 1.16. The van der Waals surface area contributed by atoms with Crippen LogP contribution in [-0.2, 0) is 6.54 Å². The Balaban J connectivity index is 2.11. The first-order valence-corrected chi connectivity index (χ1v) is 6.92. The third-order valence-electron chi connectivity index (χ3n) is 2.77. The van der Waals surface area contributed by atoms with Crippen LogP contribution in [0, 0.1) is 0 Å². The molecule has 0 fully saturated rings. The lowest BCUT2D eigenvalue weighted by Crippen LogP contribution is -2.26. The number of aliphatic hydroxyl groups excluding tert-OH is 1. The molecule has 0 aliphatic heterocycles. The molecular weight excluding hydrogens is 254 g/mol. The fraction of sp³-hybridized carbons (Fsp3) is 0.385. The molecule has 1 aromatic carbocycles. The summed E-state index contributed by atoms with van der Waals surface area (Å²) in [7, 11) is 0. The molecule has 0 saturated carbocycles. The van der Waals surface area contributed by atoms with Crippen LogP contribution in [0.25, 0.3) is 10.1 Å². The molecule has 2 rings (SSSR count). The van der Waals surface area contributed by atoms with Crippen LogP contribution in [0.4, 0.5) is 0 Å². The summed E-state index contributed by atoms with van der Waals surface area (Å²) in [6.45, 7) is 3.05. The maximum absolute atomic E-state index is 8.84. The number of rotatable bonds is 5. The van der Waals surface area contributed by atoms with Crippen LogP contribution in [0.3, 0.4) is 0 Å². The average Bonchev–Trinajstić information content (AvgIpc) is 2.65. The Morgan fingerprint density at radius 1 is 1.41 bits per heavy atom. The largest absolute Gasteiger partial charge is 0.396 e. The molecule has 0 radical (unpaired) electrons. The highest BCUT2D eigenvalue weighted by molar-refractivity contribution is 7.19. The van der Waals surface area contributed by atoms with Crippen LogP contribution in [0.5, 0.6) is 0 Å². The maximum atomic E-state index is 8.84. The number of aliphatic hydroxyl groups is 1. The molecule has 0 saturated heterocycles. The Labute approximate surface area is 110 Å². The molecule has 0 bridgehead atoms. The molecule has 0 aliphatic carbocycles. The van der Waals surface area contributed by atoms with E-state index in [2.05, 4.69) is 24.4 Å². The van der Waals surface area contributed by atoms with Crippen molar-refractivity contribution < 1.29 is 5.11 Å². The highest BCUT2D eigenvalue weighted by atomic mass is 35.5. The zero-order chi connectivity index (χ0) is 12.3. The summed E-state index contributed by atoms with van der Waals surface area (Å²) in [6.07, 6.45) is 0.766. The summed E-state index contributed by atoms with van der Waals surface area (Å²) in [5, 5.41) is 14.2. The third-order valence-corrected chi connectivity index (χ3v) is 4.49. The van der Waals surface area contributed by atoms with Gasteiger partial charge >= 0.3 is 0 Å². The van der Waals surface area contributed by atoms with Crippen LogP contribution in [-0.4, -0.2) is 17.8 Å². The highest BCUT2D eigenvalue weighted by Gasteiger charge is 2.10. The molecule has 4 heteroatoms. The van der Waals surface area contributed by atoms with Gasteiger partial charge in [-0.25, -0.2) is 0 Å². The van der Waals surface area contributed by atoms with Gasteiger partial charge in [0.15, 0.2) is 0 Å². The predicted octanol–water partition coefficient (Wildman–Crippen LogP) is 3.42. The van der Waals surface area contributed by atoms with Crippen molar-refractivity contribution in [2.75, 3.05) is 6.61 Å². The molecule has 0 amide bonds. The lowest BCUT2D eigenvalue weighted by Gasteiger charge is -2.11. The quantitative estimate of drug-likeness (QED) is 0.872. The second-order valence-electron chi connectivity index (χ2n) is 4.13. The normalized spacial score (nSPS) is 13.1. The van der Waals surface area contributed by atoms with Crippen LogP contribution >= 0.6 is 22.9 Å². The van der Waals surface area contributed by atoms with Gasteiger partial charge in [-0.1, -0.05) is 29.8 Å². The zero-order valence-corrected chi connectivity index (χ0v) is 11.3. The van der Waals surface area contributed by atoms with Crippen LogP contribution in [0.15, 0.2) is 24.3 Å². The minimum absolute atomic E-state index is 0.217. The van der Waals surface area contributed by atoms with E-state index in [1.165, 1.54) is 4.70 Å². The number of hydrogen-bond donors (Lipinski definition) is 2. The van der Waals surface area contributed by atoms with Crippen LogP contribution in [0.2, 0.25) is 5.02 Å². The van der Waals surface area contributed by atoms with Crippen molar-refractivity contribution in [3.63, 3.8) is 0 Å². The van der Waals surface area contributed by atoms with E-state index in [9.17, 15) is 0 Å². The summed E-state index contributed by atoms with van der Waals surface area (Å²) in [6, 6.07) is 8.48. The van der Waals surface area contributed by atoms with Gasteiger partial charge in [-0.05, 0) is 19.4 Å². The Morgan fingerprint density at radius 3 is 2.88 bits per heavy atom. The van der Waals surface area contributed by atoms with E-state index in [-0.39, 0.29) is 6.61 Å². The molecule has 17 heavy (non-hydrogen) atoms. The van der Waals surface area contributed by atoms with Gasteiger partial charge in [-0.3, -0.25) is 0 Å². The first-order chi connectivity index (χ1) is 8.22. The smallest absolute Gasteiger partial charge is 0.0636 e. The molecule has 0 aliphatic rings. The minimum Gasteiger partial charge on any atom is -0.396 e. The molecule has 1 atom stereocenters. The number of nitrogens with one attached hydrogen (secondary N) is 1. The molecule has 0 spiro atoms. The summed E-state index contributed by atoms with van der Waals surface area (Å²) in [5.41, 5.74) is 0. The van der Waals surface area contributed by atoms with Crippen molar-refractivity contribution in [1.29, 1.82) is 0 Å². The van der Waals surface area contributed by atoms with E-state index in [1.807, 2.05) is 12.1 Å². The van der Waals surface area contributed by atoms with Gasteiger partial charge in [-0.15, -0.1) is 11.3 Å². The number of hydrogen-bond acceptors (Lipinski definition) is 3. The van der Waals surface area contributed by atoms with Gasteiger partial charge in [0.05, 0.1) is 5.02 Å². The molecule has 2 N–H and O–H groups in total. The van der Waals surface area contributed by atoms with Gasteiger partial charge < -0.3 is 10.4 Å². The van der Waals surface area contributed by atoms with E-state index in [0.29, 0.717) is 6.04 Å². The maximum Gasteiger partial charge on any atom is 0.0636 e. The van der Waals surface area contributed by atoms with Gasteiger partial charge in [0.2, 0.25) is 0 Å². The second-order valence-corrected chi connectivity index (χ2v) is 5.64. The average molecular weight is 270 g/mol. The fourth-order valence-corrected chi connectivity index (χ4v) is 3.19. The zero-order valence-electron chi connectivity index (χ0n) is 9.74. The molecule has 1 aromatic heterocycles. The predicted molar refractivity (Wildman–Crippen MR) is 74.8 cm³/mol. The van der Waals surface area contributed by atoms with Gasteiger partial charge in [0.25, 0.3) is 0 Å². The fourth-order valence-electron chi connectivity index (χ4n) is 1.74. The van der Waals surface area contributed by atoms with Crippen molar-refractivity contribution in [3.8, 4) is 0 Å². The summed E-state index contributed by atoms with van der Waals surface area (Å²) >= 11 is 8.07. The minimum atomic E-state index is 0.217. The van der Waals surface area contributed by atoms with Crippen LogP contribution in [0.1, 0.15) is 18.2 Å². The van der Waals surface area contributed by atoms with E-state index >= 15 is 0 Å². The van der Waals surface area contributed by atoms with Gasteiger partial charge in [0.1, 0.15) is 0 Å². The lowest BCUT2D eigenvalue weighted by molar-refractivity contribution is 0.269. The Kier molecular flexibility index (Phi) is 4.40. The Bertz CT molecular complexity index is 497. The molecule has 1 unspecified atom stereocenters. The van der Waals surface area contributed by atoms with Crippen molar-refractivity contribution in [3.05, 3.63) is 34.2 Å². The Hall–Kier alpha value is -0.610. The van der Waals surface area contributed by atoms with E-state index in [1.54, 1.807) is 11.3 Å². The number of halogens is 1. The molecule has 92 valence electrons. The number of benzene rings is 1. The number of thiophene rings is 1. The monoisotopic (exact) mass is 269 g/mol. The topological polar surface area (TPSA) is 32.3 Å². The SMILES string of the molecule is CC(CCO)NCc1sc2ccccc2c1Cl. The standard InChI is InChI=1S/C13H16ClNOS/c1-9(6-7-16)15-8-12-13(14)10-4-2-3-5-11(10)17-12/h2-5,9,15-16H,6-8H2,1H3. The summed E-state index contributed by atoms with van der Waals surface area (Å²) in [5.74, 6) is 0. The third kappa shape index (κ3) is 2.99. The highest BCUT2D eigenvalue weighted by Crippen LogP contribution is 2.34. The van der Waals surface area contributed by atoms with Crippen molar-refractivity contribution >= 4 is 33.0 Å². The van der Waals surface area contributed by atoms with E-state index in [0.717, 1.165) is 28.3 Å². The molecule has 2 nitrogen and oxygen atoms in total. The van der Waals surface area contributed by atoms with Crippen molar-refractivity contribution in [1.82, 2.24) is 5.32 Å². The number of fused-ring (bicyclic) bond motifs is 1. The second kappa shape index (κ2) is 5.83. The van der Waals surface area contributed by atoms with E-state index < -0.39 is 0 Å². The summed E-state index contributed by atoms with van der Waals surface area (Å²) < 4.78 is 1.23. The van der Waals surface area contributed by atoms with Gasteiger partial charge in [0, 0.05) is 34.2 Å². The van der Waals surface area contributed by atoms with Gasteiger partial charge in [-0.2, -0.15) is 0 Å². The molecule has 2 aromatic rings. The molecule has 1 heterocycles. The van der Waals surface area contributed by atoms with Crippen molar-refractivity contribution in [2.45, 2.75) is 25.9 Å². The molecular formula is C13H16ClNOS. The van der Waals surface area contributed by atoms with E-state index in [4.69, 9.17) is 16.7 Å².